The number of carbonyl (C=O) groups excluding carboxylic acids is 2. The Morgan fingerprint density at radius 1 is 1.13 bits per heavy atom. The third-order valence-corrected chi connectivity index (χ3v) is 5.54. The number of rotatable bonds is 3. The molecular formula is C24H20N4O2. The molecule has 1 unspecified atom stereocenters. The number of benzene rings is 2. The fourth-order valence-electron chi connectivity index (χ4n) is 4.19. The summed E-state index contributed by atoms with van der Waals surface area (Å²) >= 11 is 0. The van der Waals surface area contributed by atoms with E-state index < -0.39 is 6.04 Å². The van der Waals surface area contributed by atoms with Crippen molar-refractivity contribution in [2.45, 2.75) is 12.5 Å². The van der Waals surface area contributed by atoms with E-state index in [-0.39, 0.29) is 11.8 Å². The van der Waals surface area contributed by atoms with E-state index in [9.17, 15) is 9.59 Å². The van der Waals surface area contributed by atoms with Crippen molar-refractivity contribution in [3.8, 4) is 0 Å². The summed E-state index contributed by atoms with van der Waals surface area (Å²) < 4.78 is 0. The fourth-order valence-corrected chi connectivity index (χ4v) is 4.19. The first-order valence-electron chi connectivity index (χ1n) is 9.84. The Bertz CT molecular complexity index is 1170. The molecule has 0 fully saturated rings. The van der Waals surface area contributed by atoms with Crippen LogP contribution in [0.25, 0.3) is 5.57 Å². The van der Waals surface area contributed by atoms with Gasteiger partial charge in [0.2, 0.25) is 0 Å². The minimum atomic E-state index is -0.799. The summed E-state index contributed by atoms with van der Waals surface area (Å²) in [6, 6.07) is 16.3. The first-order valence-corrected chi connectivity index (χ1v) is 9.84. The number of nitrogens with zero attached hydrogens (tertiary/aromatic N) is 2. The Kier molecular flexibility index (Phi) is 4.32. The molecule has 2 amide bonds. The normalized spacial score (nSPS) is 17.2. The quantitative estimate of drug-likeness (QED) is 0.667. The van der Waals surface area contributed by atoms with Crippen LogP contribution < -0.4 is 16.0 Å². The van der Waals surface area contributed by atoms with Gasteiger partial charge >= 0.3 is 0 Å². The van der Waals surface area contributed by atoms with Crippen molar-refractivity contribution in [2.75, 3.05) is 17.2 Å². The molecule has 0 bridgehead atoms. The van der Waals surface area contributed by atoms with Gasteiger partial charge in [0.15, 0.2) is 0 Å². The monoisotopic (exact) mass is 396 g/mol. The predicted octanol–water partition coefficient (Wildman–Crippen LogP) is 2.80. The van der Waals surface area contributed by atoms with Gasteiger partial charge in [-0.1, -0.05) is 30.3 Å². The molecule has 3 aromatic rings. The van der Waals surface area contributed by atoms with Gasteiger partial charge in [0.05, 0.1) is 11.3 Å². The zero-order valence-electron chi connectivity index (χ0n) is 16.2. The first kappa shape index (κ1) is 18.1. The number of carbonyl (C=O) groups is 2. The van der Waals surface area contributed by atoms with Gasteiger partial charge in [-0.15, -0.1) is 0 Å². The molecule has 3 N–H and O–H groups in total. The van der Waals surface area contributed by atoms with Crippen molar-refractivity contribution >= 4 is 28.8 Å². The molecule has 6 heteroatoms. The lowest BCUT2D eigenvalue weighted by Crippen LogP contribution is -2.46. The highest BCUT2D eigenvalue weighted by Gasteiger charge is 2.36. The van der Waals surface area contributed by atoms with E-state index >= 15 is 0 Å². The molecule has 0 saturated heterocycles. The number of nitrogen functional groups attached to an aromatic ring is 1. The van der Waals surface area contributed by atoms with Gasteiger partial charge in [0.25, 0.3) is 11.8 Å². The van der Waals surface area contributed by atoms with Crippen LogP contribution in [0.3, 0.4) is 0 Å². The maximum Gasteiger partial charge on any atom is 0.253 e. The lowest BCUT2D eigenvalue weighted by atomic mass is 9.93. The van der Waals surface area contributed by atoms with Gasteiger partial charge in [0.1, 0.15) is 6.04 Å². The van der Waals surface area contributed by atoms with E-state index in [1.54, 1.807) is 23.2 Å². The molecule has 5 rings (SSSR count). The summed E-state index contributed by atoms with van der Waals surface area (Å²) in [6.07, 6.45) is 5.67. The van der Waals surface area contributed by atoms with Gasteiger partial charge in [-0.25, -0.2) is 0 Å². The maximum absolute atomic E-state index is 13.4. The van der Waals surface area contributed by atoms with E-state index in [0.717, 1.165) is 34.4 Å². The Morgan fingerprint density at radius 2 is 1.97 bits per heavy atom. The summed E-state index contributed by atoms with van der Waals surface area (Å²) in [4.78, 5) is 32.0. The molecular weight excluding hydrogens is 376 g/mol. The van der Waals surface area contributed by atoms with Crippen molar-refractivity contribution in [1.82, 2.24) is 10.3 Å². The molecule has 30 heavy (non-hydrogen) atoms. The lowest BCUT2D eigenvalue weighted by Gasteiger charge is -2.22. The van der Waals surface area contributed by atoms with Gasteiger partial charge < -0.3 is 16.0 Å². The molecule has 6 nitrogen and oxygen atoms in total. The number of nitrogens with one attached hydrogen (secondary N) is 1. The third kappa shape index (κ3) is 3.03. The molecule has 148 valence electrons. The molecule has 1 atom stereocenters. The smallest absolute Gasteiger partial charge is 0.253 e. The van der Waals surface area contributed by atoms with Crippen LogP contribution in [0, 0.1) is 0 Å². The molecule has 2 aliphatic heterocycles. The van der Waals surface area contributed by atoms with E-state index in [1.807, 2.05) is 48.5 Å². The van der Waals surface area contributed by atoms with Crippen LogP contribution in [0.4, 0.5) is 11.4 Å². The summed E-state index contributed by atoms with van der Waals surface area (Å²) in [6.45, 7) is 0.569. The summed E-state index contributed by atoms with van der Waals surface area (Å²) in [5.41, 5.74) is 12.0. The van der Waals surface area contributed by atoms with Gasteiger partial charge in [-0.2, -0.15) is 0 Å². The fraction of sp³-hybridized carbons (Fsp3) is 0.125. The second-order valence-corrected chi connectivity index (χ2v) is 7.46. The minimum Gasteiger partial charge on any atom is -0.399 e. The third-order valence-electron chi connectivity index (χ3n) is 5.54. The van der Waals surface area contributed by atoms with E-state index in [1.165, 1.54) is 6.20 Å². The molecule has 0 aliphatic carbocycles. The van der Waals surface area contributed by atoms with Crippen molar-refractivity contribution in [3.05, 3.63) is 95.3 Å². The molecule has 1 aromatic heterocycles. The largest absolute Gasteiger partial charge is 0.399 e. The average molecular weight is 396 g/mol. The zero-order valence-corrected chi connectivity index (χ0v) is 16.2. The maximum atomic E-state index is 13.4. The van der Waals surface area contributed by atoms with Crippen LogP contribution in [0.1, 0.15) is 27.0 Å². The van der Waals surface area contributed by atoms with Gasteiger partial charge in [0, 0.05) is 30.2 Å². The molecule has 0 spiro atoms. The van der Waals surface area contributed by atoms with Crippen LogP contribution in [0.15, 0.2) is 73.1 Å². The Balaban J connectivity index is 1.64. The summed E-state index contributed by atoms with van der Waals surface area (Å²) in [7, 11) is 0. The van der Waals surface area contributed by atoms with Crippen LogP contribution in [-0.2, 0) is 11.2 Å². The predicted molar refractivity (Wildman–Crippen MR) is 116 cm³/mol. The van der Waals surface area contributed by atoms with E-state index in [4.69, 9.17) is 5.73 Å². The second kappa shape index (κ2) is 7.15. The highest BCUT2D eigenvalue weighted by molar-refractivity contribution is 6.10. The Morgan fingerprint density at radius 3 is 2.73 bits per heavy atom. The topological polar surface area (TPSA) is 88.3 Å². The molecule has 0 saturated carbocycles. The van der Waals surface area contributed by atoms with Crippen LogP contribution in [0.2, 0.25) is 0 Å². The van der Waals surface area contributed by atoms with E-state index in [2.05, 4.69) is 10.3 Å². The van der Waals surface area contributed by atoms with Crippen molar-refractivity contribution in [1.29, 1.82) is 0 Å². The Labute approximate surface area is 174 Å². The molecule has 3 heterocycles. The van der Waals surface area contributed by atoms with Crippen LogP contribution >= 0.6 is 0 Å². The van der Waals surface area contributed by atoms with Crippen LogP contribution in [-0.4, -0.2) is 29.4 Å². The summed E-state index contributed by atoms with van der Waals surface area (Å²) in [5.74, 6) is -0.488. The lowest BCUT2D eigenvalue weighted by molar-refractivity contribution is -0.119. The summed E-state index contributed by atoms with van der Waals surface area (Å²) in [5, 5.41) is 2.88. The number of hydrogen-bond acceptors (Lipinski definition) is 4. The SMILES string of the molecule is Nc1cc2c3c(c1)C(c1ccccc1)=CC(NC(=O)c1cccnc1)C(=O)N3CC2. The average Bonchev–Trinajstić information content (AvgIpc) is 3.16. The molecule has 2 aromatic carbocycles. The van der Waals surface area contributed by atoms with Gasteiger partial charge in [-0.05, 0) is 53.5 Å². The van der Waals surface area contributed by atoms with Crippen molar-refractivity contribution in [3.63, 3.8) is 0 Å². The standard InChI is InChI=1S/C24H20N4O2/c25-18-11-16-8-10-28-22(16)20(12-18)19(15-5-2-1-3-6-15)13-21(24(28)30)27-23(29)17-7-4-9-26-14-17/h1-7,9,11-14,21H,8,10,25H2,(H,27,29). The van der Waals surface area contributed by atoms with Crippen LogP contribution in [0.5, 0.6) is 0 Å². The second-order valence-electron chi connectivity index (χ2n) is 7.46. The molecule has 2 aliphatic rings. The number of pyridine rings is 1. The van der Waals surface area contributed by atoms with Gasteiger partial charge in [-0.3, -0.25) is 14.6 Å². The first-order chi connectivity index (χ1) is 14.6. The highest BCUT2D eigenvalue weighted by atomic mass is 16.2. The Hall–Kier alpha value is -3.93. The van der Waals surface area contributed by atoms with Crippen molar-refractivity contribution in [2.24, 2.45) is 0 Å². The highest BCUT2D eigenvalue weighted by Crippen LogP contribution is 2.42. The number of amides is 2. The molecule has 0 radical (unpaired) electrons. The zero-order chi connectivity index (χ0) is 20.7. The number of hydrogen-bond donors (Lipinski definition) is 2. The van der Waals surface area contributed by atoms with E-state index in [0.29, 0.717) is 17.8 Å². The number of nitrogens with two attached hydrogens (primary N) is 1. The number of aromatic nitrogens is 1. The van der Waals surface area contributed by atoms with Crippen molar-refractivity contribution < 1.29 is 9.59 Å². The minimum absolute atomic E-state index is 0.150. The number of anilines is 2.